The average Bonchev–Trinajstić information content (AvgIpc) is 3.48. The number of methoxy groups -OCH3 is 3. The number of nitrogens with zero attached hydrogens (tertiary/aromatic N) is 1. The van der Waals surface area contributed by atoms with Crippen molar-refractivity contribution in [2.24, 2.45) is 23.7 Å². The lowest BCUT2D eigenvalue weighted by Gasteiger charge is -2.50. The summed E-state index contributed by atoms with van der Waals surface area (Å²) in [5.74, 6) is -4.16. The van der Waals surface area contributed by atoms with E-state index in [1.807, 2.05) is 55.6 Å². The summed E-state index contributed by atoms with van der Waals surface area (Å²) in [4.78, 5) is 56.2. The first-order valence-electron chi connectivity index (χ1n) is 20.8. The molecule has 58 heavy (non-hydrogen) atoms. The molecule has 334 valence electrons. The molecule has 4 aliphatic rings. The van der Waals surface area contributed by atoms with E-state index in [1.165, 1.54) is 14.0 Å². The summed E-state index contributed by atoms with van der Waals surface area (Å²) in [5, 5.41) is 2.85. The monoisotopic (exact) mass is 828 g/mol. The van der Waals surface area contributed by atoms with Gasteiger partial charge in [0.2, 0.25) is 0 Å². The quantitative estimate of drug-likeness (QED) is 0.242. The fraction of sp³-hybridized carbons (Fsp3) is 0.905. The lowest BCUT2D eigenvalue weighted by atomic mass is 9.73. The van der Waals surface area contributed by atoms with Gasteiger partial charge in [0.15, 0.2) is 24.3 Å². The molecule has 0 aliphatic carbocycles. The lowest BCUT2D eigenvalue weighted by Crippen LogP contribution is -2.62. The van der Waals surface area contributed by atoms with E-state index in [0.717, 1.165) is 0 Å². The van der Waals surface area contributed by atoms with Gasteiger partial charge in [0.1, 0.15) is 23.6 Å². The summed E-state index contributed by atoms with van der Waals surface area (Å²) < 4.78 is 63.2. The molecule has 4 heterocycles. The molecule has 18 atom stereocenters. The minimum Gasteiger partial charge on any atom is -0.458 e. The minimum absolute atomic E-state index is 0.0539. The molecule has 0 aromatic heterocycles. The van der Waals surface area contributed by atoms with Crippen LogP contribution in [-0.2, 0) is 61.8 Å². The molecule has 4 saturated heterocycles. The van der Waals surface area contributed by atoms with Gasteiger partial charge in [0, 0.05) is 58.5 Å². The Balaban J connectivity index is 1.89. The second kappa shape index (κ2) is 19.1. The second-order valence-electron chi connectivity index (χ2n) is 18.0. The maximum Gasteiger partial charge on any atom is 0.408 e. The molecule has 0 saturated carbocycles. The minimum atomic E-state index is -1.36. The van der Waals surface area contributed by atoms with Gasteiger partial charge in [0.05, 0.1) is 42.0 Å². The Morgan fingerprint density at radius 3 is 2.03 bits per heavy atom. The highest BCUT2D eigenvalue weighted by molar-refractivity contribution is 5.85. The fourth-order valence-corrected chi connectivity index (χ4v) is 9.97. The van der Waals surface area contributed by atoms with Gasteiger partial charge in [-0.05, 0) is 74.9 Å². The number of fused-ring (bicyclic) bond motifs is 1. The Labute approximate surface area is 345 Å². The van der Waals surface area contributed by atoms with E-state index < -0.39 is 114 Å². The second-order valence-corrected chi connectivity index (χ2v) is 18.0. The summed E-state index contributed by atoms with van der Waals surface area (Å²) in [7, 11) is 8.70. The predicted molar refractivity (Wildman–Crippen MR) is 211 cm³/mol. The van der Waals surface area contributed by atoms with Crippen LogP contribution in [0.1, 0.15) is 102 Å². The molecule has 4 fully saturated rings. The lowest BCUT2D eigenvalue weighted by molar-refractivity contribution is -0.321. The Kier molecular flexibility index (Phi) is 15.9. The summed E-state index contributed by atoms with van der Waals surface area (Å²) in [6, 6.07) is -0.851. The van der Waals surface area contributed by atoms with Crippen molar-refractivity contribution in [2.45, 2.75) is 186 Å². The SMILES string of the molecule is CC[C@H]1OC(=O)[C@H](C)[C@@H](O[C@H]2C[C@@](C)(OC)[C@@H](OC(C)=O)[C@H](C)O2)[C@H](C)[C@@H](O[C@@H]2O[C@H](C)C[C@H](N(C)C)[C@H]2OC)[C@@](C)(OC)C[C@@H](C)C(=O)[C@H](C)[C@H]2NC(=O)O[C@@]21C. The van der Waals surface area contributed by atoms with Crippen molar-refractivity contribution in [3.63, 3.8) is 0 Å². The Hall–Kier alpha value is -2.44. The molecule has 0 unspecified atom stereocenters. The molecule has 1 amide bonds. The average molecular weight is 829 g/mol. The zero-order valence-corrected chi connectivity index (χ0v) is 37.7. The number of cyclic esters (lactones) is 1. The number of ketones is 1. The van der Waals surface area contributed by atoms with E-state index in [2.05, 4.69) is 10.2 Å². The van der Waals surface area contributed by atoms with Gasteiger partial charge in [-0.2, -0.15) is 0 Å². The van der Waals surface area contributed by atoms with Crippen LogP contribution in [-0.4, -0.2) is 148 Å². The smallest absolute Gasteiger partial charge is 0.408 e. The Bertz CT molecular complexity index is 1450. The zero-order valence-electron chi connectivity index (χ0n) is 37.7. The first-order valence-corrected chi connectivity index (χ1v) is 20.8. The predicted octanol–water partition coefficient (Wildman–Crippen LogP) is 4.42. The van der Waals surface area contributed by atoms with Crippen LogP contribution in [0.5, 0.6) is 0 Å². The molecular weight excluding hydrogens is 756 g/mol. The maximum absolute atomic E-state index is 14.6. The highest BCUT2D eigenvalue weighted by Crippen LogP contribution is 2.43. The van der Waals surface area contributed by atoms with Crippen LogP contribution in [0.2, 0.25) is 0 Å². The van der Waals surface area contributed by atoms with Gasteiger partial charge in [0.25, 0.3) is 0 Å². The van der Waals surface area contributed by atoms with Gasteiger partial charge in [-0.25, -0.2) is 4.79 Å². The Morgan fingerprint density at radius 1 is 0.862 bits per heavy atom. The van der Waals surface area contributed by atoms with E-state index in [0.29, 0.717) is 12.8 Å². The van der Waals surface area contributed by atoms with Gasteiger partial charge in [-0.3, -0.25) is 14.4 Å². The zero-order chi connectivity index (χ0) is 43.7. The fourth-order valence-electron chi connectivity index (χ4n) is 9.97. The van der Waals surface area contributed by atoms with Gasteiger partial charge in [-0.1, -0.05) is 27.7 Å². The van der Waals surface area contributed by atoms with E-state index >= 15 is 0 Å². The number of alkyl carbamates (subject to hydrolysis) is 1. The first kappa shape index (κ1) is 48.2. The van der Waals surface area contributed by atoms with Crippen molar-refractivity contribution >= 4 is 23.8 Å². The number of amides is 1. The standard InChI is InChI=1S/C42H72N2O14/c1-17-29-42(11)34(43-39(48)58-42)23(4)31(46)21(2)19-40(9,50-15)35(57-38-33(49-14)28(44(12)13)18-22(3)52-38)24(5)32(25(6)37(47)55-29)56-30-20-41(10,51-16)36(26(7)53-30)54-27(8)45/h21-26,28-30,32-36,38H,17-20H2,1-16H3,(H,43,48)/t21-,22-,23+,24+,25-,26+,28+,29-,30+,32+,33-,34-,35-,36+,38+,40+,41-,42-/m1/s1. The molecule has 4 rings (SSSR count). The molecule has 16 nitrogen and oxygen atoms in total. The van der Waals surface area contributed by atoms with Crippen molar-refractivity contribution in [2.75, 3.05) is 35.4 Å². The largest absolute Gasteiger partial charge is 0.458 e. The molecule has 0 bridgehead atoms. The molecule has 0 aromatic carbocycles. The normalized spacial score (nSPS) is 45.7. The van der Waals surface area contributed by atoms with E-state index in [9.17, 15) is 19.2 Å². The summed E-state index contributed by atoms with van der Waals surface area (Å²) in [5.41, 5.74) is -3.56. The van der Waals surface area contributed by atoms with Crippen LogP contribution in [0, 0.1) is 23.7 Å². The molecular formula is C42H72N2O14. The van der Waals surface area contributed by atoms with E-state index in [1.54, 1.807) is 41.9 Å². The van der Waals surface area contributed by atoms with Gasteiger partial charge in [-0.15, -0.1) is 0 Å². The maximum atomic E-state index is 14.6. The number of hydrogen-bond acceptors (Lipinski definition) is 15. The van der Waals surface area contributed by atoms with E-state index in [-0.39, 0.29) is 30.8 Å². The number of rotatable bonds is 10. The van der Waals surface area contributed by atoms with Crippen molar-refractivity contribution < 1.29 is 66.5 Å². The van der Waals surface area contributed by atoms with Crippen LogP contribution in [0.15, 0.2) is 0 Å². The number of carbonyl (C=O) groups is 4. The van der Waals surface area contributed by atoms with Crippen LogP contribution < -0.4 is 5.32 Å². The summed E-state index contributed by atoms with van der Waals surface area (Å²) in [6.07, 6.45) is -6.03. The number of esters is 2. The highest BCUT2D eigenvalue weighted by Gasteiger charge is 2.58. The van der Waals surface area contributed by atoms with Gasteiger partial charge >= 0.3 is 18.0 Å². The van der Waals surface area contributed by atoms with Gasteiger partial charge < -0.3 is 57.6 Å². The van der Waals surface area contributed by atoms with E-state index in [4.69, 9.17) is 47.4 Å². The third kappa shape index (κ3) is 9.85. The summed E-state index contributed by atoms with van der Waals surface area (Å²) >= 11 is 0. The van der Waals surface area contributed by atoms with Crippen molar-refractivity contribution in [3.05, 3.63) is 0 Å². The number of hydrogen-bond donors (Lipinski definition) is 1. The summed E-state index contributed by atoms with van der Waals surface area (Å²) in [6.45, 7) is 19.6. The van der Waals surface area contributed by atoms with Crippen molar-refractivity contribution in [1.29, 1.82) is 0 Å². The highest BCUT2D eigenvalue weighted by atomic mass is 16.7. The number of likely N-dealkylation sites (N-methyl/N-ethyl adjacent to an activating group) is 1. The molecule has 0 spiro atoms. The van der Waals surface area contributed by atoms with Crippen LogP contribution in [0.3, 0.4) is 0 Å². The van der Waals surface area contributed by atoms with Crippen LogP contribution in [0.25, 0.3) is 0 Å². The molecule has 0 radical (unpaired) electrons. The topological polar surface area (TPSA) is 176 Å². The molecule has 4 aliphatic heterocycles. The number of ether oxygens (including phenoxy) is 10. The van der Waals surface area contributed by atoms with Crippen molar-refractivity contribution in [3.8, 4) is 0 Å². The number of Topliss-reactive ketones (excluding diaryl/α,β-unsaturated/α-hetero) is 1. The third-order valence-electron chi connectivity index (χ3n) is 13.4. The van der Waals surface area contributed by atoms with Crippen molar-refractivity contribution in [1.82, 2.24) is 10.2 Å². The molecule has 1 N–H and O–H groups in total. The molecule has 0 aromatic rings. The van der Waals surface area contributed by atoms with Crippen LogP contribution >= 0.6 is 0 Å². The first-order chi connectivity index (χ1) is 27.0. The number of nitrogens with one attached hydrogen (secondary N) is 1. The Morgan fingerprint density at radius 2 is 1.48 bits per heavy atom. The van der Waals surface area contributed by atoms with Crippen LogP contribution in [0.4, 0.5) is 4.79 Å². The third-order valence-corrected chi connectivity index (χ3v) is 13.4. The molecule has 16 heteroatoms. The number of carbonyl (C=O) groups excluding carboxylic acids is 4.